The van der Waals surface area contributed by atoms with Crippen molar-refractivity contribution in [3.05, 3.63) is 77.1 Å². The fraction of sp³-hybridized carbons (Fsp3) is 0.136. The largest absolute Gasteiger partial charge is 0.271 e. The highest BCUT2D eigenvalue weighted by Crippen LogP contribution is 2.39. The van der Waals surface area contributed by atoms with Gasteiger partial charge in [0.05, 0.1) is 23.4 Å². The van der Waals surface area contributed by atoms with Gasteiger partial charge in [0.2, 0.25) is 10.0 Å². The fourth-order valence-electron chi connectivity index (χ4n) is 3.70. The Hall–Kier alpha value is -3.55. The van der Waals surface area contributed by atoms with E-state index < -0.39 is 33.5 Å². The monoisotopic (exact) mass is 488 g/mol. The number of rotatable bonds is 4. The quantitative estimate of drug-likeness (QED) is 0.605. The van der Waals surface area contributed by atoms with Gasteiger partial charge in [-0.05, 0) is 48.6 Å². The number of hydrogen-bond acceptors (Lipinski definition) is 5. The third-order valence-electron chi connectivity index (χ3n) is 5.10. The Labute approximate surface area is 192 Å². The van der Waals surface area contributed by atoms with Gasteiger partial charge < -0.3 is 0 Å². The topological polar surface area (TPSA) is 105 Å². The standard InChI is InChI=1S/C22H15ClF2N4O3S/c1-33(31,32)28-21(30)22(11-15(23)5-8-19(22)25)29-18-7-6-16(24)10-17(18)20(27-29)14-4-2-3-13(9-14)12-26/h2-11,19H,1H3,(H,28,30). The number of carbonyl (C=O) groups is 1. The molecule has 2 atom stereocenters. The van der Waals surface area contributed by atoms with Crippen molar-refractivity contribution in [2.75, 3.05) is 6.26 Å². The maximum Gasteiger partial charge on any atom is 0.268 e. The molecule has 2 unspecified atom stereocenters. The minimum absolute atomic E-state index is 0.0219. The van der Waals surface area contributed by atoms with Gasteiger partial charge in [-0.3, -0.25) is 9.52 Å². The molecule has 1 N–H and O–H groups in total. The second-order valence-corrected chi connectivity index (χ2v) is 9.62. The molecule has 0 bridgehead atoms. The third kappa shape index (κ3) is 4.01. The number of fused-ring (bicyclic) bond motifs is 1. The summed E-state index contributed by atoms with van der Waals surface area (Å²) in [5, 5.41) is 13.9. The number of sulfonamides is 1. The van der Waals surface area contributed by atoms with Crippen LogP contribution in [0.4, 0.5) is 8.78 Å². The Morgan fingerprint density at radius 2 is 2.06 bits per heavy atom. The highest BCUT2D eigenvalue weighted by molar-refractivity contribution is 7.89. The first-order valence-electron chi connectivity index (χ1n) is 9.47. The normalized spacial score (nSPS) is 20.3. The van der Waals surface area contributed by atoms with Crippen LogP contribution in [0.5, 0.6) is 0 Å². The molecule has 0 spiro atoms. The van der Waals surface area contributed by atoms with E-state index in [1.165, 1.54) is 18.2 Å². The van der Waals surface area contributed by atoms with Crippen molar-refractivity contribution in [3.63, 3.8) is 0 Å². The smallest absolute Gasteiger partial charge is 0.268 e. The van der Waals surface area contributed by atoms with E-state index in [0.717, 1.165) is 35.2 Å². The first-order chi connectivity index (χ1) is 15.5. The van der Waals surface area contributed by atoms with Crippen LogP contribution in [0.2, 0.25) is 0 Å². The van der Waals surface area contributed by atoms with Gasteiger partial charge in [-0.2, -0.15) is 10.4 Å². The minimum Gasteiger partial charge on any atom is -0.271 e. The van der Waals surface area contributed by atoms with E-state index in [2.05, 4.69) is 5.10 Å². The number of nitrogens with zero attached hydrogens (tertiary/aromatic N) is 3. The molecule has 1 aliphatic carbocycles. The van der Waals surface area contributed by atoms with Gasteiger partial charge in [0, 0.05) is 16.0 Å². The van der Waals surface area contributed by atoms with Crippen molar-refractivity contribution in [1.82, 2.24) is 14.5 Å². The number of hydrogen-bond donors (Lipinski definition) is 1. The van der Waals surface area contributed by atoms with E-state index in [1.54, 1.807) is 22.9 Å². The summed E-state index contributed by atoms with van der Waals surface area (Å²) >= 11 is 6.11. The van der Waals surface area contributed by atoms with Crippen molar-refractivity contribution in [1.29, 1.82) is 5.26 Å². The van der Waals surface area contributed by atoms with Crippen LogP contribution in [0.25, 0.3) is 22.2 Å². The minimum atomic E-state index is -4.07. The molecule has 0 saturated heterocycles. The van der Waals surface area contributed by atoms with E-state index in [-0.39, 0.29) is 21.6 Å². The summed E-state index contributed by atoms with van der Waals surface area (Å²) in [5.41, 5.74) is -1.28. The molecule has 1 amide bonds. The van der Waals surface area contributed by atoms with Crippen LogP contribution in [0.3, 0.4) is 0 Å². The van der Waals surface area contributed by atoms with Gasteiger partial charge in [0.1, 0.15) is 11.5 Å². The third-order valence-corrected chi connectivity index (χ3v) is 5.89. The van der Waals surface area contributed by atoms with Crippen molar-refractivity contribution in [3.8, 4) is 17.3 Å². The van der Waals surface area contributed by atoms with E-state index in [0.29, 0.717) is 11.1 Å². The van der Waals surface area contributed by atoms with Crippen molar-refractivity contribution < 1.29 is 22.0 Å². The number of halogens is 3. The summed E-state index contributed by atoms with van der Waals surface area (Å²) in [6.45, 7) is 0. The Morgan fingerprint density at radius 1 is 1.30 bits per heavy atom. The van der Waals surface area contributed by atoms with Crippen molar-refractivity contribution in [2.45, 2.75) is 11.7 Å². The maximum absolute atomic E-state index is 15.5. The lowest BCUT2D eigenvalue weighted by Crippen LogP contribution is -2.55. The van der Waals surface area contributed by atoms with Gasteiger partial charge in [-0.1, -0.05) is 23.7 Å². The molecule has 2 aromatic carbocycles. The van der Waals surface area contributed by atoms with Gasteiger partial charge in [0.25, 0.3) is 5.91 Å². The average molecular weight is 489 g/mol. The molecule has 33 heavy (non-hydrogen) atoms. The van der Waals surface area contributed by atoms with Crippen LogP contribution in [-0.2, 0) is 20.4 Å². The zero-order valence-corrected chi connectivity index (χ0v) is 18.5. The predicted molar refractivity (Wildman–Crippen MR) is 119 cm³/mol. The number of nitriles is 1. The Kier molecular flexibility index (Phi) is 5.56. The Balaban J connectivity index is 2.07. The summed E-state index contributed by atoms with van der Waals surface area (Å²) in [6, 6.07) is 11.9. The number of allylic oxidation sites excluding steroid dienone is 3. The summed E-state index contributed by atoms with van der Waals surface area (Å²) in [6.07, 6.45) is 2.00. The summed E-state index contributed by atoms with van der Waals surface area (Å²) in [4.78, 5) is 13.2. The number of nitrogens with one attached hydrogen (secondary N) is 1. The van der Waals surface area contributed by atoms with Gasteiger partial charge >= 0.3 is 0 Å². The SMILES string of the molecule is CS(=O)(=O)NC(=O)C1(n2nc(-c3cccc(C#N)c3)c3cc(F)ccc32)C=C(Cl)C=CC1F. The van der Waals surface area contributed by atoms with Crippen LogP contribution in [0.15, 0.2) is 65.7 Å². The first kappa shape index (κ1) is 22.6. The van der Waals surface area contributed by atoms with Crippen molar-refractivity contribution >= 4 is 38.4 Å². The lowest BCUT2D eigenvalue weighted by molar-refractivity contribution is -0.128. The maximum atomic E-state index is 15.5. The van der Waals surface area contributed by atoms with E-state index in [4.69, 9.17) is 11.6 Å². The second kappa shape index (κ2) is 8.10. The van der Waals surface area contributed by atoms with Gasteiger partial charge in [-0.15, -0.1) is 0 Å². The predicted octanol–water partition coefficient (Wildman–Crippen LogP) is 3.52. The molecule has 0 saturated carbocycles. The highest BCUT2D eigenvalue weighted by Gasteiger charge is 2.50. The van der Waals surface area contributed by atoms with Crippen LogP contribution < -0.4 is 4.72 Å². The zero-order valence-electron chi connectivity index (χ0n) is 17.0. The van der Waals surface area contributed by atoms with Crippen molar-refractivity contribution in [2.24, 2.45) is 0 Å². The van der Waals surface area contributed by atoms with Crippen LogP contribution in [0.1, 0.15) is 5.56 Å². The number of benzene rings is 2. The Morgan fingerprint density at radius 3 is 2.76 bits per heavy atom. The Bertz CT molecular complexity index is 1510. The molecule has 1 aliphatic rings. The van der Waals surface area contributed by atoms with Crippen LogP contribution in [-0.4, -0.2) is 36.5 Å². The molecule has 11 heteroatoms. The highest BCUT2D eigenvalue weighted by atomic mass is 35.5. The van der Waals surface area contributed by atoms with Crippen LogP contribution >= 0.6 is 11.6 Å². The average Bonchev–Trinajstić information content (AvgIpc) is 3.13. The number of alkyl halides is 1. The molecule has 1 aromatic heterocycles. The summed E-state index contributed by atoms with van der Waals surface area (Å²) < 4.78 is 56.1. The second-order valence-electron chi connectivity index (χ2n) is 7.43. The molecule has 168 valence electrons. The zero-order chi connectivity index (χ0) is 24.0. The molecule has 4 rings (SSSR count). The lowest BCUT2D eigenvalue weighted by atomic mass is 9.88. The molecule has 3 aromatic rings. The fourth-order valence-corrected chi connectivity index (χ4v) is 4.44. The number of carbonyl (C=O) groups excluding carboxylic acids is 1. The van der Waals surface area contributed by atoms with E-state index in [9.17, 15) is 22.9 Å². The molecule has 1 heterocycles. The molecular formula is C22H15ClF2N4O3S. The summed E-state index contributed by atoms with van der Waals surface area (Å²) in [7, 11) is -4.07. The van der Waals surface area contributed by atoms with Gasteiger partial charge in [0.15, 0.2) is 11.7 Å². The molecule has 7 nitrogen and oxygen atoms in total. The molecule has 0 fully saturated rings. The number of aromatic nitrogens is 2. The van der Waals surface area contributed by atoms with E-state index >= 15 is 4.39 Å². The number of amides is 1. The molecule has 0 aliphatic heterocycles. The molecular weight excluding hydrogens is 474 g/mol. The lowest BCUT2D eigenvalue weighted by Gasteiger charge is -2.34. The molecule has 0 radical (unpaired) electrons. The van der Waals surface area contributed by atoms with Crippen LogP contribution in [0, 0.1) is 17.1 Å². The van der Waals surface area contributed by atoms with E-state index in [1.807, 2.05) is 6.07 Å². The first-order valence-corrected chi connectivity index (χ1v) is 11.7. The van der Waals surface area contributed by atoms with Gasteiger partial charge in [-0.25, -0.2) is 21.9 Å². The summed E-state index contributed by atoms with van der Waals surface area (Å²) in [5.74, 6) is -1.84.